The lowest BCUT2D eigenvalue weighted by Gasteiger charge is -1.93. The Morgan fingerprint density at radius 2 is 2.78 bits per heavy atom. The van der Waals surface area contributed by atoms with Crippen molar-refractivity contribution >= 4 is 15.1 Å². The van der Waals surface area contributed by atoms with Crippen LogP contribution in [0.1, 0.15) is 6.42 Å². The van der Waals surface area contributed by atoms with Gasteiger partial charge in [-0.2, -0.15) is 0 Å². The quantitative estimate of drug-likeness (QED) is 0.420. The van der Waals surface area contributed by atoms with E-state index in [0.717, 1.165) is 12.3 Å². The monoisotopic (exact) mass is 143 g/mol. The zero-order valence-electron chi connectivity index (χ0n) is 5.21. The summed E-state index contributed by atoms with van der Waals surface area (Å²) < 4.78 is 5.16. The molecule has 0 saturated heterocycles. The molecule has 1 aliphatic rings. The van der Waals surface area contributed by atoms with Crippen LogP contribution < -0.4 is 0 Å². The Kier molecular flexibility index (Phi) is 2.23. The first-order valence-corrected chi connectivity index (χ1v) is 3.55. The molecule has 50 valence electrons. The van der Waals surface area contributed by atoms with Crippen LogP contribution in [0.5, 0.6) is 0 Å². The highest BCUT2D eigenvalue weighted by atomic mass is 31.0. The molecular formula is C6H10NOP. The van der Waals surface area contributed by atoms with Gasteiger partial charge in [0.2, 0.25) is 0 Å². The second-order valence-electron chi connectivity index (χ2n) is 1.89. The van der Waals surface area contributed by atoms with Gasteiger partial charge in [-0.3, -0.25) is 0 Å². The average Bonchev–Trinajstić information content (AvgIpc) is 2.17. The van der Waals surface area contributed by atoms with Gasteiger partial charge in [0, 0.05) is 6.42 Å². The molecule has 3 heteroatoms. The van der Waals surface area contributed by atoms with E-state index in [-0.39, 0.29) is 5.78 Å². The van der Waals surface area contributed by atoms with Crippen LogP contribution >= 0.6 is 9.24 Å². The molecule has 2 atom stereocenters. The number of nitrogens with zero attached hydrogens (tertiary/aromatic N) is 1. The lowest BCUT2D eigenvalue weighted by atomic mass is 10.4. The highest BCUT2D eigenvalue weighted by Crippen LogP contribution is 2.11. The van der Waals surface area contributed by atoms with Crippen LogP contribution in [0.4, 0.5) is 0 Å². The number of hydrogen-bond donors (Lipinski definition) is 0. The van der Waals surface area contributed by atoms with Gasteiger partial charge < -0.3 is 4.74 Å². The fourth-order valence-corrected chi connectivity index (χ4v) is 0.939. The van der Waals surface area contributed by atoms with Crippen LogP contribution in [0.15, 0.2) is 17.6 Å². The molecule has 0 N–H and O–H groups in total. The molecule has 0 radical (unpaired) electrons. The van der Waals surface area contributed by atoms with E-state index >= 15 is 0 Å². The zero-order chi connectivity index (χ0) is 6.69. The van der Waals surface area contributed by atoms with E-state index in [0.29, 0.717) is 6.61 Å². The van der Waals surface area contributed by atoms with Gasteiger partial charge in [-0.1, -0.05) is 6.08 Å². The summed E-state index contributed by atoms with van der Waals surface area (Å²) in [6, 6.07) is 0. The minimum atomic E-state index is 0.264. The first-order valence-electron chi connectivity index (χ1n) is 2.89. The van der Waals surface area contributed by atoms with Crippen LogP contribution in [-0.2, 0) is 4.74 Å². The maximum Gasteiger partial charge on any atom is 0.187 e. The van der Waals surface area contributed by atoms with Gasteiger partial charge >= 0.3 is 0 Å². The molecule has 0 aromatic carbocycles. The first-order chi connectivity index (χ1) is 4.33. The topological polar surface area (TPSA) is 21.6 Å². The summed E-state index contributed by atoms with van der Waals surface area (Å²) in [4.78, 5) is 4.16. The van der Waals surface area contributed by atoms with Crippen molar-refractivity contribution in [2.45, 2.75) is 12.2 Å². The van der Waals surface area contributed by atoms with Gasteiger partial charge in [-0.05, 0) is 0 Å². The third-order valence-electron chi connectivity index (χ3n) is 1.05. The van der Waals surface area contributed by atoms with Crippen LogP contribution in [0.25, 0.3) is 0 Å². The number of ether oxygens (including phenoxy) is 1. The van der Waals surface area contributed by atoms with E-state index in [9.17, 15) is 0 Å². The van der Waals surface area contributed by atoms with E-state index in [1.807, 2.05) is 0 Å². The van der Waals surface area contributed by atoms with Crippen molar-refractivity contribution in [3.8, 4) is 0 Å². The highest BCUT2D eigenvalue weighted by Gasteiger charge is 2.11. The predicted octanol–water partition coefficient (Wildman–Crippen LogP) is 1.19. The van der Waals surface area contributed by atoms with Crippen LogP contribution in [-0.4, -0.2) is 18.3 Å². The van der Waals surface area contributed by atoms with Crippen molar-refractivity contribution in [3.63, 3.8) is 0 Å². The van der Waals surface area contributed by atoms with Crippen molar-refractivity contribution in [1.29, 1.82) is 0 Å². The van der Waals surface area contributed by atoms with Crippen molar-refractivity contribution in [3.05, 3.63) is 12.7 Å². The van der Waals surface area contributed by atoms with E-state index in [1.165, 1.54) is 0 Å². The molecule has 0 aromatic rings. The fourth-order valence-electron chi connectivity index (χ4n) is 0.676. The van der Waals surface area contributed by atoms with E-state index in [1.54, 1.807) is 6.08 Å². The lowest BCUT2D eigenvalue weighted by molar-refractivity contribution is 0.335. The molecule has 0 spiro atoms. The Labute approximate surface area is 57.2 Å². The predicted molar refractivity (Wildman–Crippen MR) is 41.7 cm³/mol. The zero-order valence-corrected chi connectivity index (χ0v) is 6.36. The molecule has 2 unspecified atom stereocenters. The summed E-state index contributed by atoms with van der Waals surface area (Å²) in [6.45, 7) is 4.28. The Balaban J connectivity index is 2.41. The second kappa shape index (κ2) is 2.98. The summed E-state index contributed by atoms with van der Waals surface area (Å²) in [6.07, 6.45) is 2.55. The van der Waals surface area contributed by atoms with E-state index < -0.39 is 0 Å². The van der Waals surface area contributed by atoms with E-state index in [2.05, 4.69) is 20.8 Å². The summed E-state index contributed by atoms with van der Waals surface area (Å²) >= 11 is 0. The molecule has 0 aliphatic carbocycles. The van der Waals surface area contributed by atoms with Gasteiger partial charge in [0.1, 0.15) is 12.4 Å². The normalized spacial score (nSPS) is 25.0. The van der Waals surface area contributed by atoms with Crippen molar-refractivity contribution in [2.75, 3.05) is 6.61 Å². The van der Waals surface area contributed by atoms with Crippen molar-refractivity contribution < 1.29 is 4.74 Å². The molecule has 2 nitrogen and oxygen atoms in total. The fraction of sp³-hybridized carbons (Fsp3) is 0.500. The average molecular weight is 143 g/mol. The molecule has 0 aromatic heterocycles. The van der Waals surface area contributed by atoms with Crippen molar-refractivity contribution in [2.24, 2.45) is 4.99 Å². The number of aliphatic imine (C=N–C) groups is 1. The van der Waals surface area contributed by atoms with Gasteiger partial charge in [0.25, 0.3) is 0 Å². The highest BCUT2D eigenvalue weighted by molar-refractivity contribution is 7.17. The third-order valence-corrected chi connectivity index (χ3v) is 1.39. The lowest BCUT2D eigenvalue weighted by Crippen LogP contribution is -1.97. The third kappa shape index (κ3) is 1.79. The number of rotatable bonds is 2. The molecule has 0 saturated carbocycles. The molecule has 1 heterocycles. The maximum absolute atomic E-state index is 5.16. The Hall–Kier alpha value is -0.360. The molecule has 0 amide bonds. The molecule has 1 aliphatic heterocycles. The van der Waals surface area contributed by atoms with Crippen LogP contribution in [0.3, 0.4) is 0 Å². The maximum atomic E-state index is 5.16. The molecule has 0 bridgehead atoms. The molecule has 9 heavy (non-hydrogen) atoms. The Morgan fingerprint density at radius 1 is 2.00 bits per heavy atom. The molecule has 0 fully saturated rings. The molecular weight excluding hydrogens is 133 g/mol. The smallest absolute Gasteiger partial charge is 0.187 e. The Morgan fingerprint density at radius 3 is 3.22 bits per heavy atom. The minimum Gasteiger partial charge on any atom is -0.478 e. The summed E-state index contributed by atoms with van der Waals surface area (Å²) in [5.41, 5.74) is 0. The second-order valence-corrected chi connectivity index (χ2v) is 2.66. The summed E-state index contributed by atoms with van der Waals surface area (Å²) in [7, 11) is 2.60. The van der Waals surface area contributed by atoms with Crippen LogP contribution in [0.2, 0.25) is 0 Å². The van der Waals surface area contributed by atoms with Gasteiger partial charge in [0.05, 0.1) is 0 Å². The van der Waals surface area contributed by atoms with Crippen molar-refractivity contribution in [1.82, 2.24) is 0 Å². The van der Waals surface area contributed by atoms with E-state index in [4.69, 9.17) is 4.74 Å². The summed E-state index contributed by atoms with van der Waals surface area (Å²) in [5, 5.41) is 0. The summed E-state index contributed by atoms with van der Waals surface area (Å²) in [5.74, 6) is 1.07. The SMILES string of the molecule is C=CCC1=NC(P)CO1. The van der Waals surface area contributed by atoms with Gasteiger partial charge in [-0.15, -0.1) is 15.8 Å². The first kappa shape index (κ1) is 6.76. The van der Waals surface area contributed by atoms with Gasteiger partial charge in [0.15, 0.2) is 5.90 Å². The van der Waals surface area contributed by atoms with Gasteiger partial charge in [-0.25, -0.2) is 4.99 Å². The standard InChI is InChI=1S/C6H10NOP/c1-2-3-5-7-6(9)4-8-5/h2,6H,1,3-4,9H2. The largest absolute Gasteiger partial charge is 0.478 e. The molecule has 1 rings (SSSR count). The number of hydrogen-bond acceptors (Lipinski definition) is 2. The minimum absolute atomic E-state index is 0.264. The Bertz CT molecular complexity index is 144. The van der Waals surface area contributed by atoms with Crippen LogP contribution in [0, 0.1) is 0 Å².